The second-order valence-electron chi connectivity index (χ2n) is 7.41. The number of non-ortho nitro benzene ring substituents is 1. The van der Waals surface area contributed by atoms with E-state index < -0.39 is 26.9 Å². The quantitative estimate of drug-likeness (QED) is 0.334. The highest BCUT2D eigenvalue weighted by molar-refractivity contribution is 7.89. The Hall–Kier alpha value is -3.47. The molecular weight excluding hydrogens is 482 g/mol. The van der Waals surface area contributed by atoms with E-state index >= 15 is 0 Å². The summed E-state index contributed by atoms with van der Waals surface area (Å²) in [7, 11) is -2.75. The van der Waals surface area contributed by atoms with Crippen molar-refractivity contribution in [1.29, 1.82) is 0 Å². The van der Waals surface area contributed by atoms with E-state index in [0.29, 0.717) is 16.9 Å². The number of sulfonamides is 1. The fraction of sp³-hybridized carbons (Fsp3) is 0.174. The molecule has 0 bridgehead atoms. The molecule has 9 nitrogen and oxygen atoms in total. The van der Waals surface area contributed by atoms with Gasteiger partial charge in [-0.15, -0.1) is 0 Å². The maximum Gasteiger partial charge on any atom is 0.271 e. The Balaban J connectivity index is 1.92. The Morgan fingerprint density at radius 3 is 2.44 bits per heavy atom. The number of amides is 1. The highest BCUT2D eigenvalue weighted by Gasteiger charge is 2.27. The van der Waals surface area contributed by atoms with Gasteiger partial charge in [-0.3, -0.25) is 14.9 Å². The number of rotatable bonds is 9. The number of nitrogens with one attached hydrogen (secondary N) is 2. The number of halogens is 1. The molecule has 1 atom stereocenters. The molecule has 0 aliphatic rings. The fourth-order valence-corrected chi connectivity index (χ4v) is 4.73. The van der Waals surface area contributed by atoms with Crippen LogP contribution in [0.4, 0.5) is 11.4 Å². The average Bonchev–Trinajstić information content (AvgIpc) is 2.80. The number of carbonyl (C=O) groups is 1. The molecule has 3 aromatic carbocycles. The Kier molecular flexibility index (Phi) is 7.87. The van der Waals surface area contributed by atoms with E-state index in [0.717, 1.165) is 0 Å². The van der Waals surface area contributed by atoms with E-state index in [1.165, 1.54) is 43.5 Å². The molecule has 0 saturated carbocycles. The molecule has 0 heterocycles. The van der Waals surface area contributed by atoms with Gasteiger partial charge in [0, 0.05) is 12.1 Å². The second-order valence-corrected chi connectivity index (χ2v) is 9.53. The lowest BCUT2D eigenvalue weighted by atomic mass is 10.1. The Labute approximate surface area is 201 Å². The van der Waals surface area contributed by atoms with Crippen LogP contribution in [-0.4, -0.2) is 32.4 Å². The van der Waals surface area contributed by atoms with Gasteiger partial charge in [0.25, 0.3) is 5.69 Å². The molecule has 3 rings (SSSR count). The van der Waals surface area contributed by atoms with Crippen LogP contribution in [-0.2, 0) is 21.2 Å². The first-order valence-electron chi connectivity index (χ1n) is 10.1. The molecule has 0 aromatic heterocycles. The summed E-state index contributed by atoms with van der Waals surface area (Å²) in [5, 5.41) is 13.8. The molecule has 0 saturated heterocycles. The van der Waals surface area contributed by atoms with E-state index in [1.54, 1.807) is 37.3 Å². The molecule has 3 aromatic rings. The smallest absolute Gasteiger partial charge is 0.271 e. The first-order chi connectivity index (χ1) is 16.1. The molecule has 1 amide bonds. The van der Waals surface area contributed by atoms with Gasteiger partial charge >= 0.3 is 0 Å². The minimum atomic E-state index is -4.16. The normalized spacial score (nSPS) is 12.1. The average molecular weight is 504 g/mol. The predicted molar refractivity (Wildman–Crippen MR) is 129 cm³/mol. The number of benzene rings is 3. The van der Waals surface area contributed by atoms with E-state index in [4.69, 9.17) is 16.3 Å². The lowest BCUT2D eigenvalue weighted by Crippen LogP contribution is -2.45. The number of ether oxygens (including phenoxy) is 1. The van der Waals surface area contributed by atoms with Crippen molar-refractivity contribution >= 4 is 38.9 Å². The van der Waals surface area contributed by atoms with Gasteiger partial charge in [0.05, 0.1) is 27.6 Å². The molecule has 34 heavy (non-hydrogen) atoms. The first kappa shape index (κ1) is 25.2. The van der Waals surface area contributed by atoms with Crippen LogP contribution >= 0.6 is 11.6 Å². The van der Waals surface area contributed by atoms with Crippen LogP contribution in [0, 0.1) is 17.0 Å². The number of methoxy groups -OCH3 is 1. The Morgan fingerprint density at radius 1 is 1.12 bits per heavy atom. The molecule has 0 fully saturated rings. The van der Waals surface area contributed by atoms with Gasteiger partial charge in [0.15, 0.2) is 0 Å². The van der Waals surface area contributed by atoms with Crippen molar-refractivity contribution in [3.8, 4) is 5.75 Å². The zero-order valence-corrected chi connectivity index (χ0v) is 19.9. The highest BCUT2D eigenvalue weighted by Crippen LogP contribution is 2.27. The van der Waals surface area contributed by atoms with E-state index in [1.807, 2.05) is 0 Å². The van der Waals surface area contributed by atoms with Crippen LogP contribution in [0.3, 0.4) is 0 Å². The summed E-state index contributed by atoms with van der Waals surface area (Å²) in [6.07, 6.45) is 0.0454. The molecule has 2 N–H and O–H groups in total. The highest BCUT2D eigenvalue weighted by atomic mass is 35.5. The van der Waals surface area contributed by atoms with Gasteiger partial charge in [0.2, 0.25) is 15.9 Å². The number of nitro groups is 1. The van der Waals surface area contributed by atoms with Crippen molar-refractivity contribution in [3.63, 3.8) is 0 Å². The van der Waals surface area contributed by atoms with Crippen molar-refractivity contribution in [2.45, 2.75) is 24.3 Å². The van der Waals surface area contributed by atoms with Gasteiger partial charge in [-0.05, 0) is 42.7 Å². The van der Waals surface area contributed by atoms with Crippen molar-refractivity contribution < 1.29 is 22.9 Å². The number of hydrogen-bond acceptors (Lipinski definition) is 6. The van der Waals surface area contributed by atoms with Crippen LogP contribution in [0.5, 0.6) is 5.75 Å². The second kappa shape index (κ2) is 10.6. The first-order valence-corrected chi connectivity index (χ1v) is 11.9. The maximum absolute atomic E-state index is 13.2. The van der Waals surface area contributed by atoms with Crippen LogP contribution in [0.15, 0.2) is 71.6 Å². The molecular formula is C23H22ClN3O6S. The third-order valence-corrected chi connectivity index (χ3v) is 6.78. The number of carbonyl (C=O) groups excluding carboxylic acids is 1. The van der Waals surface area contributed by atoms with Crippen LogP contribution in [0.1, 0.15) is 11.1 Å². The third-order valence-electron chi connectivity index (χ3n) is 5.02. The summed E-state index contributed by atoms with van der Waals surface area (Å²) in [6, 6.07) is 15.7. The van der Waals surface area contributed by atoms with Crippen molar-refractivity contribution in [3.05, 3.63) is 93.0 Å². The van der Waals surface area contributed by atoms with Gasteiger partial charge in [-0.1, -0.05) is 48.0 Å². The van der Waals surface area contributed by atoms with Crippen molar-refractivity contribution in [2.24, 2.45) is 0 Å². The van der Waals surface area contributed by atoms with Gasteiger partial charge in [-0.25, -0.2) is 8.42 Å². The summed E-state index contributed by atoms with van der Waals surface area (Å²) in [5.41, 5.74) is 1.31. The number of hydrogen-bond donors (Lipinski definition) is 2. The Bertz CT molecular complexity index is 1320. The van der Waals surface area contributed by atoms with Crippen LogP contribution in [0.25, 0.3) is 0 Å². The van der Waals surface area contributed by atoms with Crippen LogP contribution in [0.2, 0.25) is 5.02 Å². The monoisotopic (exact) mass is 503 g/mol. The molecule has 11 heteroatoms. The number of anilines is 1. The van der Waals surface area contributed by atoms with Gasteiger partial charge in [-0.2, -0.15) is 4.72 Å². The number of nitrogens with zero attached hydrogens (tertiary/aromatic N) is 1. The van der Waals surface area contributed by atoms with Crippen molar-refractivity contribution in [2.75, 3.05) is 12.4 Å². The maximum atomic E-state index is 13.2. The molecule has 178 valence electrons. The minimum Gasteiger partial charge on any atom is -0.495 e. The lowest BCUT2D eigenvalue weighted by Gasteiger charge is -2.20. The largest absolute Gasteiger partial charge is 0.495 e. The van der Waals surface area contributed by atoms with Crippen molar-refractivity contribution in [1.82, 2.24) is 4.72 Å². The summed E-state index contributed by atoms with van der Waals surface area (Å²) >= 11 is 6.08. The van der Waals surface area contributed by atoms with E-state index in [9.17, 15) is 23.3 Å². The molecule has 0 spiro atoms. The standard InChI is InChI=1S/C23H22ClN3O6S/c1-15-8-9-17(27(29)30)13-20(15)25-23(28)21(12-16-6-4-3-5-7-16)26-34(31,32)18-10-11-22(33-2)19(24)14-18/h3-11,13-14,21,26H,12H2,1-2H3,(H,25,28). The molecule has 0 aliphatic heterocycles. The van der Waals surface area contributed by atoms with Gasteiger partial charge in [0.1, 0.15) is 11.8 Å². The Morgan fingerprint density at radius 2 is 1.82 bits per heavy atom. The molecule has 1 unspecified atom stereocenters. The summed E-state index contributed by atoms with van der Waals surface area (Å²) < 4.78 is 33.6. The van der Waals surface area contributed by atoms with Gasteiger partial charge < -0.3 is 10.1 Å². The zero-order chi connectivity index (χ0) is 24.9. The summed E-state index contributed by atoms with van der Waals surface area (Å²) in [5.74, 6) is -0.365. The lowest BCUT2D eigenvalue weighted by molar-refractivity contribution is -0.384. The SMILES string of the molecule is COc1ccc(S(=O)(=O)NC(Cc2ccccc2)C(=O)Nc2cc([N+](=O)[O-])ccc2C)cc1Cl. The topological polar surface area (TPSA) is 128 Å². The number of aryl methyl sites for hydroxylation is 1. The van der Waals surface area contributed by atoms with E-state index in [2.05, 4.69) is 10.0 Å². The number of nitro benzene ring substituents is 1. The summed E-state index contributed by atoms with van der Waals surface area (Å²) in [6.45, 7) is 1.68. The van der Waals surface area contributed by atoms with Crippen LogP contribution < -0.4 is 14.8 Å². The zero-order valence-electron chi connectivity index (χ0n) is 18.3. The third kappa shape index (κ3) is 6.10. The minimum absolute atomic E-state index is 0.0454. The predicted octanol–water partition coefficient (Wildman–Crippen LogP) is 4.09. The van der Waals surface area contributed by atoms with E-state index in [-0.39, 0.29) is 27.7 Å². The fourth-order valence-electron chi connectivity index (χ4n) is 3.19. The molecule has 0 aliphatic carbocycles. The molecule has 0 radical (unpaired) electrons. The summed E-state index contributed by atoms with van der Waals surface area (Å²) in [4.78, 5) is 23.6.